The molecule has 0 radical (unpaired) electrons. The molecule has 0 amide bonds. The third kappa shape index (κ3) is 4.93. The van der Waals surface area contributed by atoms with E-state index in [1.165, 1.54) is 6.07 Å². The van der Waals surface area contributed by atoms with Gasteiger partial charge in [-0.1, -0.05) is 57.6 Å². The molecule has 1 unspecified atom stereocenters. The van der Waals surface area contributed by atoms with Gasteiger partial charge in [-0.2, -0.15) is 8.42 Å². The predicted molar refractivity (Wildman–Crippen MR) is 132 cm³/mol. The maximum absolute atomic E-state index is 12.0. The molecule has 3 aromatic rings. The van der Waals surface area contributed by atoms with Crippen LogP contribution in [0.15, 0.2) is 101 Å². The summed E-state index contributed by atoms with van der Waals surface area (Å²) in [6.45, 7) is 0. The molecule has 0 spiro atoms. The molecule has 0 aliphatic heterocycles. The van der Waals surface area contributed by atoms with E-state index in [0.717, 1.165) is 10.0 Å². The van der Waals surface area contributed by atoms with Crippen molar-refractivity contribution in [3.8, 4) is 0 Å². The normalized spacial score (nSPS) is 17.3. The van der Waals surface area contributed by atoms with Crippen LogP contribution in [0.4, 0.5) is 11.4 Å². The summed E-state index contributed by atoms with van der Waals surface area (Å²) >= 11 is 7.12. The van der Waals surface area contributed by atoms with Gasteiger partial charge in [-0.05, 0) is 40.0 Å². The highest BCUT2D eigenvalue weighted by Crippen LogP contribution is 2.43. The molecule has 168 valence electrons. The van der Waals surface area contributed by atoms with Crippen molar-refractivity contribution in [3.05, 3.63) is 81.2 Å². The average molecular weight is 592 g/mol. The van der Waals surface area contributed by atoms with Crippen LogP contribution in [0.2, 0.25) is 0 Å². The molecule has 33 heavy (non-hydrogen) atoms. The number of aromatic nitrogens is 1. The van der Waals surface area contributed by atoms with Crippen LogP contribution in [0.3, 0.4) is 0 Å². The minimum absolute atomic E-state index is 0.0815. The number of rotatable bonds is 5. The molecule has 0 saturated carbocycles. The Balaban J connectivity index is 1.80. The van der Waals surface area contributed by atoms with E-state index in [-0.39, 0.29) is 27.6 Å². The topological polar surface area (TPSA) is 143 Å². The maximum Gasteiger partial charge on any atom is 0.295 e. The van der Waals surface area contributed by atoms with Crippen molar-refractivity contribution in [3.63, 3.8) is 0 Å². The average Bonchev–Trinajstić information content (AvgIpc) is 2.79. The number of nitrogens with zero attached hydrogens (tertiary/aromatic N) is 5. The first kappa shape index (κ1) is 23.4. The molecule has 1 atom stereocenters. The van der Waals surface area contributed by atoms with Gasteiger partial charge in [0.1, 0.15) is 22.0 Å². The Morgan fingerprint density at radius 3 is 2.45 bits per heavy atom. The standard InChI is InChI=1S/C21H16Br2N6O3S/c22-16-8-13(12-4-3-7-25-11-12)9-17(23)21(16)27-26-18-10-19(33(30,31)32)14-5-1-2-6-15(14)20(18)28-29-24/h1-8,10-11,13H,9H2,(H2,24,28)(H,30,31,32)/b27-26+. The molecular weight excluding hydrogens is 576 g/mol. The number of halogens is 2. The van der Waals surface area contributed by atoms with Gasteiger partial charge in [0.2, 0.25) is 0 Å². The zero-order valence-corrected chi connectivity index (χ0v) is 20.8. The zero-order chi connectivity index (χ0) is 23.6. The van der Waals surface area contributed by atoms with Gasteiger partial charge in [0.05, 0.1) is 0 Å². The summed E-state index contributed by atoms with van der Waals surface area (Å²) < 4.78 is 35.3. The number of hydrogen-bond acceptors (Lipinski definition) is 7. The Labute approximate surface area is 206 Å². The summed E-state index contributed by atoms with van der Waals surface area (Å²) in [5, 5.41) is 16.5. The summed E-state index contributed by atoms with van der Waals surface area (Å²) in [6, 6.07) is 11.6. The SMILES string of the molecule is NN=Nc1c(/N=N/C2=C(Br)CC(c3cccnc3)C=C2Br)cc(S(=O)(=O)O)c2ccccc12. The Morgan fingerprint density at radius 1 is 1.06 bits per heavy atom. The second-order valence-corrected chi connectivity index (χ2v) is 10.2. The lowest BCUT2D eigenvalue weighted by molar-refractivity contribution is 0.484. The van der Waals surface area contributed by atoms with E-state index in [4.69, 9.17) is 5.84 Å². The fourth-order valence-corrected chi connectivity index (χ4v) is 5.78. The number of azo groups is 1. The number of pyridine rings is 1. The van der Waals surface area contributed by atoms with E-state index in [9.17, 15) is 13.0 Å². The van der Waals surface area contributed by atoms with Crippen LogP contribution in [-0.2, 0) is 10.1 Å². The van der Waals surface area contributed by atoms with Crippen LogP contribution in [0, 0.1) is 0 Å². The highest BCUT2D eigenvalue weighted by Gasteiger charge is 2.23. The Bertz CT molecular complexity index is 1450. The van der Waals surface area contributed by atoms with Crippen LogP contribution < -0.4 is 5.84 Å². The largest absolute Gasteiger partial charge is 0.305 e. The lowest BCUT2D eigenvalue weighted by Crippen LogP contribution is -2.03. The van der Waals surface area contributed by atoms with Crippen LogP contribution in [0.5, 0.6) is 0 Å². The van der Waals surface area contributed by atoms with Crippen molar-refractivity contribution in [2.75, 3.05) is 0 Å². The predicted octanol–water partition coefficient (Wildman–Crippen LogP) is 6.60. The van der Waals surface area contributed by atoms with Gasteiger partial charge in [0.15, 0.2) is 0 Å². The van der Waals surface area contributed by atoms with E-state index < -0.39 is 10.1 Å². The van der Waals surface area contributed by atoms with Crippen LogP contribution in [-0.4, -0.2) is 18.0 Å². The van der Waals surface area contributed by atoms with Gasteiger partial charge in [0.25, 0.3) is 10.1 Å². The van der Waals surface area contributed by atoms with Gasteiger partial charge in [-0.25, -0.2) is 0 Å². The molecule has 1 aliphatic carbocycles. The van der Waals surface area contributed by atoms with Crippen molar-refractivity contribution in [2.24, 2.45) is 26.4 Å². The highest BCUT2D eigenvalue weighted by atomic mass is 79.9. The zero-order valence-electron chi connectivity index (χ0n) is 16.8. The lowest BCUT2D eigenvalue weighted by Gasteiger charge is -2.19. The summed E-state index contributed by atoms with van der Waals surface area (Å²) in [4.78, 5) is 3.85. The molecule has 0 bridgehead atoms. The minimum Gasteiger partial charge on any atom is -0.305 e. The second kappa shape index (κ2) is 9.59. The van der Waals surface area contributed by atoms with E-state index in [1.807, 2.05) is 24.4 Å². The molecule has 4 rings (SSSR count). The second-order valence-electron chi connectivity index (χ2n) is 7.04. The Kier molecular flexibility index (Phi) is 6.79. The monoisotopic (exact) mass is 590 g/mol. The van der Waals surface area contributed by atoms with Gasteiger partial charge in [-0.15, -0.1) is 15.3 Å². The molecule has 1 aromatic heterocycles. The third-order valence-corrected chi connectivity index (χ3v) is 7.23. The molecule has 0 saturated heterocycles. The van der Waals surface area contributed by atoms with Crippen molar-refractivity contribution in [1.82, 2.24) is 4.98 Å². The van der Waals surface area contributed by atoms with E-state index in [1.54, 1.807) is 30.5 Å². The van der Waals surface area contributed by atoms with Gasteiger partial charge in [0, 0.05) is 38.0 Å². The highest BCUT2D eigenvalue weighted by molar-refractivity contribution is 9.12. The number of nitrogens with two attached hydrogens (primary N) is 1. The summed E-state index contributed by atoms with van der Waals surface area (Å²) in [6.07, 6.45) is 6.17. The Morgan fingerprint density at radius 2 is 1.82 bits per heavy atom. The summed E-state index contributed by atoms with van der Waals surface area (Å²) in [7, 11) is -4.54. The molecule has 3 N–H and O–H groups in total. The first-order chi connectivity index (χ1) is 15.8. The summed E-state index contributed by atoms with van der Waals surface area (Å²) in [5.74, 6) is 5.37. The fourth-order valence-electron chi connectivity index (χ4n) is 3.51. The van der Waals surface area contributed by atoms with E-state index in [2.05, 4.69) is 57.4 Å². The first-order valence-electron chi connectivity index (χ1n) is 9.51. The molecular formula is C21H16Br2N6O3S. The molecule has 0 fully saturated rings. The first-order valence-corrected chi connectivity index (χ1v) is 12.5. The quantitative estimate of drug-likeness (QED) is 0.149. The molecule has 12 heteroatoms. The van der Waals surface area contributed by atoms with Crippen LogP contribution in [0.25, 0.3) is 10.8 Å². The maximum atomic E-state index is 12.0. The summed E-state index contributed by atoms with van der Waals surface area (Å²) in [5.41, 5.74) is 1.90. The fraction of sp³-hybridized carbons (Fsp3) is 0.0952. The van der Waals surface area contributed by atoms with Crippen molar-refractivity contribution >= 4 is 64.1 Å². The smallest absolute Gasteiger partial charge is 0.295 e. The number of hydrogen-bond donors (Lipinski definition) is 2. The van der Waals surface area contributed by atoms with Gasteiger partial charge in [-0.3, -0.25) is 9.54 Å². The van der Waals surface area contributed by atoms with Crippen molar-refractivity contribution in [2.45, 2.75) is 17.2 Å². The number of benzene rings is 2. The van der Waals surface area contributed by atoms with Gasteiger partial charge < -0.3 is 5.84 Å². The van der Waals surface area contributed by atoms with E-state index in [0.29, 0.717) is 22.0 Å². The Hall–Kier alpha value is -2.80. The third-order valence-electron chi connectivity index (χ3n) is 4.99. The lowest BCUT2D eigenvalue weighted by atomic mass is 9.93. The van der Waals surface area contributed by atoms with E-state index >= 15 is 0 Å². The molecule has 1 aliphatic rings. The number of allylic oxidation sites excluding steroid dienone is 3. The van der Waals surface area contributed by atoms with Gasteiger partial charge >= 0.3 is 0 Å². The number of fused-ring (bicyclic) bond motifs is 1. The molecule has 2 aromatic carbocycles. The van der Waals surface area contributed by atoms with Crippen molar-refractivity contribution in [1.29, 1.82) is 0 Å². The molecule has 1 heterocycles. The minimum atomic E-state index is -4.54. The molecule has 9 nitrogen and oxygen atoms in total. The van der Waals surface area contributed by atoms with Crippen molar-refractivity contribution < 1.29 is 13.0 Å². The van der Waals surface area contributed by atoms with Crippen LogP contribution >= 0.6 is 31.9 Å². The van der Waals surface area contributed by atoms with Crippen LogP contribution in [0.1, 0.15) is 17.9 Å².